The lowest BCUT2D eigenvalue weighted by atomic mass is 9.54. The zero-order valence-electron chi connectivity index (χ0n) is 15.0. The molecule has 1 amide bonds. The fourth-order valence-electron chi connectivity index (χ4n) is 4.60. The third kappa shape index (κ3) is 2.79. The summed E-state index contributed by atoms with van der Waals surface area (Å²) < 4.78 is 7.46. The Labute approximate surface area is 143 Å². The smallest absolute Gasteiger partial charge is 0.254 e. The van der Waals surface area contributed by atoms with Crippen molar-refractivity contribution >= 4 is 5.91 Å². The summed E-state index contributed by atoms with van der Waals surface area (Å²) in [6.07, 6.45) is 8.81. The first-order valence-corrected chi connectivity index (χ1v) is 9.05. The van der Waals surface area contributed by atoms with Gasteiger partial charge in [0, 0.05) is 50.0 Å². The van der Waals surface area contributed by atoms with Crippen molar-refractivity contribution < 1.29 is 9.53 Å². The highest BCUT2D eigenvalue weighted by Crippen LogP contribution is 2.55. The molecule has 0 radical (unpaired) electrons. The molecule has 24 heavy (non-hydrogen) atoms. The molecule has 5 heteroatoms. The lowest BCUT2D eigenvalue weighted by Crippen LogP contribution is -2.65. The highest BCUT2D eigenvalue weighted by atomic mass is 16.5. The van der Waals surface area contributed by atoms with Crippen LogP contribution in [0.3, 0.4) is 0 Å². The minimum atomic E-state index is -0.151. The van der Waals surface area contributed by atoms with Crippen LogP contribution >= 0.6 is 0 Å². The summed E-state index contributed by atoms with van der Waals surface area (Å²) in [5, 5.41) is 0. The molecule has 0 unspecified atom stereocenters. The molecule has 0 aromatic carbocycles. The predicted octanol–water partition coefficient (Wildman–Crippen LogP) is 2.59. The number of aryl methyl sites for hydroxylation is 1. The number of hydrogen-bond acceptors (Lipinski definition) is 3. The van der Waals surface area contributed by atoms with E-state index in [0.717, 1.165) is 25.9 Å². The molecule has 2 aliphatic carbocycles. The van der Waals surface area contributed by atoms with Gasteiger partial charge < -0.3 is 14.2 Å². The standard InChI is InChI=1S/C19H28N2O3/c1-4-24-16-13-15(19(16)9-6-5-7-10-19)21(3)18(23)14-8-11-20(2)17(22)12-14/h8,11-12,15-16H,4-7,9-10,13H2,1-3H3/t15-,16+/m0/s1. The molecule has 2 fully saturated rings. The van der Waals surface area contributed by atoms with Crippen LogP contribution in [-0.4, -0.2) is 41.2 Å². The highest BCUT2D eigenvalue weighted by Gasteiger charge is 2.57. The maximum absolute atomic E-state index is 12.9. The fraction of sp³-hybridized carbons (Fsp3) is 0.684. The lowest BCUT2D eigenvalue weighted by Gasteiger charge is -2.60. The summed E-state index contributed by atoms with van der Waals surface area (Å²) in [4.78, 5) is 26.6. The van der Waals surface area contributed by atoms with Gasteiger partial charge in [0.1, 0.15) is 0 Å². The Balaban J connectivity index is 1.80. The zero-order chi connectivity index (χ0) is 17.3. The highest BCUT2D eigenvalue weighted by molar-refractivity contribution is 5.94. The van der Waals surface area contributed by atoms with Crippen molar-refractivity contribution in [3.63, 3.8) is 0 Å². The lowest BCUT2D eigenvalue weighted by molar-refractivity contribution is -0.170. The number of nitrogens with zero attached hydrogens (tertiary/aromatic N) is 2. The Hall–Kier alpha value is -1.62. The van der Waals surface area contributed by atoms with E-state index in [1.165, 1.54) is 29.9 Å². The van der Waals surface area contributed by atoms with Crippen molar-refractivity contribution in [2.75, 3.05) is 13.7 Å². The van der Waals surface area contributed by atoms with Crippen molar-refractivity contribution in [2.24, 2.45) is 12.5 Å². The van der Waals surface area contributed by atoms with E-state index in [9.17, 15) is 9.59 Å². The van der Waals surface area contributed by atoms with E-state index in [4.69, 9.17) is 4.74 Å². The normalized spacial score (nSPS) is 25.3. The van der Waals surface area contributed by atoms with Gasteiger partial charge >= 0.3 is 0 Å². The van der Waals surface area contributed by atoms with Gasteiger partial charge in [0.05, 0.1) is 6.10 Å². The van der Waals surface area contributed by atoms with Crippen LogP contribution in [0.5, 0.6) is 0 Å². The first-order chi connectivity index (χ1) is 11.5. The molecule has 2 saturated carbocycles. The molecule has 0 saturated heterocycles. The van der Waals surface area contributed by atoms with Crippen LogP contribution < -0.4 is 5.56 Å². The molecule has 3 rings (SSSR count). The van der Waals surface area contributed by atoms with Crippen molar-refractivity contribution in [3.05, 3.63) is 34.2 Å². The number of ether oxygens (including phenoxy) is 1. The molecule has 0 N–H and O–H groups in total. The van der Waals surface area contributed by atoms with Crippen LogP contribution in [0.1, 0.15) is 55.8 Å². The maximum atomic E-state index is 12.9. The largest absolute Gasteiger partial charge is 0.378 e. The molecule has 2 aliphatic rings. The SMILES string of the molecule is CCO[C@@H]1C[C@H](N(C)C(=O)c2ccn(C)c(=O)c2)C12CCCCC2. The Morgan fingerprint density at radius 2 is 2.08 bits per heavy atom. The molecule has 2 atom stereocenters. The summed E-state index contributed by atoms with van der Waals surface area (Å²) in [5.74, 6) is -0.0578. The van der Waals surface area contributed by atoms with E-state index in [2.05, 4.69) is 0 Å². The van der Waals surface area contributed by atoms with E-state index in [-0.39, 0.29) is 29.0 Å². The second-order valence-corrected chi connectivity index (χ2v) is 7.27. The van der Waals surface area contributed by atoms with Gasteiger partial charge in [-0.3, -0.25) is 9.59 Å². The number of carbonyl (C=O) groups excluding carboxylic acids is 1. The molecule has 0 bridgehead atoms. The van der Waals surface area contributed by atoms with Crippen LogP contribution in [0.4, 0.5) is 0 Å². The van der Waals surface area contributed by atoms with E-state index in [0.29, 0.717) is 5.56 Å². The van der Waals surface area contributed by atoms with Gasteiger partial charge in [-0.1, -0.05) is 19.3 Å². The minimum Gasteiger partial charge on any atom is -0.378 e. The van der Waals surface area contributed by atoms with E-state index >= 15 is 0 Å². The summed E-state index contributed by atoms with van der Waals surface area (Å²) in [6, 6.07) is 3.38. The molecular weight excluding hydrogens is 304 g/mol. The molecule has 132 valence electrons. The number of carbonyl (C=O) groups is 1. The number of amides is 1. The second kappa shape index (κ2) is 6.71. The third-order valence-electron chi connectivity index (χ3n) is 6.03. The summed E-state index contributed by atoms with van der Waals surface area (Å²) in [6.45, 7) is 2.77. The van der Waals surface area contributed by atoms with Gasteiger partial charge in [0.25, 0.3) is 11.5 Å². The van der Waals surface area contributed by atoms with Gasteiger partial charge in [-0.25, -0.2) is 0 Å². The van der Waals surface area contributed by atoms with Crippen molar-refractivity contribution in [3.8, 4) is 0 Å². The molecule has 1 aromatic rings. The number of hydrogen-bond donors (Lipinski definition) is 0. The quantitative estimate of drug-likeness (QED) is 0.851. The predicted molar refractivity (Wildman–Crippen MR) is 93.1 cm³/mol. The van der Waals surface area contributed by atoms with Crippen LogP contribution in [0, 0.1) is 5.41 Å². The summed E-state index contributed by atoms with van der Waals surface area (Å²) in [5.41, 5.74) is 0.437. The molecule has 5 nitrogen and oxygen atoms in total. The van der Waals surface area contributed by atoms with Gasteiger partial charge in [-0.2, -0.15) is 0 Å². The molecule has 1 heterocycles. The average molecular weight is 332 g/mol. The monoisotopic (exact) mass is 332 g/mol. The number of rotatable bonds is 4. The Morgan fingerprint density at radius 1 is 1.38 bits per heavy atom. The van der Waals surface area contributed by atoms with Gasteiger partial charge in [-0.05, 0) is 32.3 Å². The van der Waals surface area contributed by atoms with Crippen molar-refractivity contribution in [1.29, 1.82) is 0 Å². The molecule has 0 aliphatic heterocycles. The minimum absolute atomic E-state index is 0.0578. The average Bonchev–Trinajstić information content (AvgIpc) is 2.60. The Kier molecular flexibility index (Phi) is 4.81. The van der Waals surface area contributed by atoms with Gasteiger partial charge in [0.15, 0.2) is 0 Å². The first-order valence-electron chi connectivity index (χ1n) is 9.05. The van der Waals surface area contributed by atoms with Crippen LogP contribution in [0.15, 0.2) is 23.1 Å². The van der Waals surface area contributed by atoms with E-state index in [1.807, 2.05) is 18.9 Å². The van der Waals surface area contributed by atoms with E-state index in [1.54, 1.807) is 19.3 Å². The molecule has 1 aromatic heterocycles. The fourth-order valence-corrected chi connectivity index (χ4v) is 4.60. The van der Waals surface area contributed by atoms with Crippen LogP contribution in [-0.2, 0) is 11.8 Å². The van der Waals surface area contributed by atoms with Crippen LogP contribution in [0.2, 0.25) is 0 Å². The summed E-state index contributed by atoms with van der Waals surface area (Å²) >= 11 is 0. The van der Waals surface area contributed by atoms with Crippen molar-refractivity contribution in [1.82, 2.24) is 9.47 Å². The van der Waals surface area contributed by atoms with Gasteiger partial charge in [-0.15, -0.1) is 0 Å². The Bertz CT molecular complexity index is 661. The molecule has 1 spiro atoms. The van der Waals surface area contributed by atoms with E-state index < -0.39 is 0 Å². The zero-order valence-corrected chi connectivity index (χ0v) is 15.0. The third-order valence-corrected chi connectivity index (χ3v) is 6.03. The number of aromatic nitrogens is 1. The number of pyridine rings is 1. The summed E-state index contributed by atoms with van der Waals surface area (Å²) in [7, 11) is 3.57. The Morgan fingerprint density at radius 3 is 2.71 bits per heavy atom. The van der Waals surface area contributed by atoms with Crippen molar-refractivity contribution in [2.45, 2.75) is 57.6 Å². The van der Waals surface area contributed by atoms with Crippen LogP contribution in [0.25, 0.3) is 0 Å². The topological polar surface area (TPSA) is 51.5 Å². The van der Waals surface area contributed by atoms with Gasteiger partial charge in [0.2, 0.25) is 0 Å². The first kappa shape index (κ1) is 17.2. The maximum Gasteiger partial charge on any atom is 0.254 e. The second-order valence-electron chi connectivity index (χ2n) is 7.27. The molecular formula is C19H28N2O3.